The Morgan fingerprint density at radius 2 is 2.00 bits per heavy atom. The minimum atomic E-state index is -2.89. The lowest BCUT2D eigenvalue weighted by atomic mass is 10.00. The minimum absolute atomic E-state index is 0.0129. The van der Waals surface area contributed by atoms with E-state index in [1.54, 1.807) is 12.3 Å². The maximum Gasteiger partial charge on any atom is 0.270 e. The number of hydrogen-bond acceptors (Lipinski definition) is 5. The van der Waals surface area contributed by atoms with Crippen LogP contribution in [-0.4, -0.2) is 27.2 Å². The molecule has 0 atom stereocenters. The van der Waals surface area contributed by atoms with Gasteiger partial charge in [-0.1, -0.05) is 30.4 Å². The van der Waals surface area contributed by atoms with Crippen LogP contribution in [0.5, 0.6) is 0 Å². The highest BCUT2D eigenvalue weighted by Gasteiger charge is 2.24. The van der Waals surface area contributed by atoms with Gasteiger partial charge in [0.1, 0.15) is 11.6 Å². The number of aromatic amines is 1. The Labute approximate surface area is 190 Å². The fourth-order valence-electron chi connectivity index (χ4n) is 3.86. The molecular weight excluding hydrogens is 422 g/mol. The Morgan fingerprint density at radius 3 is 2.73 bits per heavy atom. The Bertz CT molecular complexity index is 1360. The van der Waals surface area contributed by atoms with Gasteiger partial charge in [-0.25, -0.2) is 18.7 Å². The number of nitrogens with one attached hydrogen (secondary N) is 3. The van der Waals surface area contributed by atoms with Crippen LogP contribution in [0.1, 0.15) is 36.4 Å². The fourth-order valence-corrected chi connectivity index (χ4v) is 3.86. The third-order valence-electron chi connectivity index (χ3n) is 5.36. The first kappa shape index (κ1) is 22.4. The molecule has 0 fully saturated rings. The van der Waals surface area contributed by atoms with Crippen LogP contribution in [0.25, 0.3) is 27.4 Å². The van der Waals surface area contributed by atoms with Gasteiger partial charge in [0, 0.05) is 48.6 Å². The summed E-state index contributed by atoms with van der Waals surface area (Å²) in [4.78, 5) is 9.28. The molecule has 0 bridgehead atoms. The molecule has 0 aliphatic heterocycles. The first-order valence-corrected chi connectivity index (χ1v) is 10.7. The summed E-state index contributed by atoms with van der Waals surface area (Å²) in [6.07, 6.45) is 7.66. The van der Waals surface area contributed by atoms with Crippen molar-refractivity contribution in [1.29, 1.82) is 0 Å². The molecule has 0 spiro atoms. The zero-order valence-corrected chi connectivity index (χ0v) is 19.0. The normalized spacial score (nSPS) is 12.7. The highest BCUT2D eigenvalue weighted by atomic mass is 19.3. The smallest absolute Gasteiger partial charge is 0.270 e. The third-order valence-corrected chi connectivity index (χ3v) is 5.36. The van der Waals surface area contributed by atoms with Crippen LogP contribution in [0.3, 0.4) is 0 Å². The number of rotatable bonds is 7. The highest BCUT2D eigenvalue weighted by Crippen LogP contribution is 2.34. The molecule has 4 aromatic rings. The summed E-state index contributed by atoms with van der Waals surface area (Å²) in [5.41, 5.74) is 4.31. The number of fused-ring (bicyclic) bond motifs is 3. The van der Waals surface area contributed by atoms with E-state index in [1.165, 1.54) is 12.1 Å². The molecule has 3 N–H and O–H groups in total. The van der Waals surface area contributed by atoms with E-state index in [1.807, 2.05) is 51.4 Å². The number of aromatic nitrogens is 4. The fraction of sp³-hybridized carbons (Fsp3) is 0.240. The van der Waals surface area contributed by atoms with E-state index in [0.29, 0.717) is 18.2 Å². The van der Waals surface area contributed by atoms with Crippen molar-refractivity contribution in [3.63, 3.8) is 0 Å². The highest BCUT2D eigenvalue weighted by molar-refractivity contribution is 6.11. The molecule has 4 rings (SSSR count). The van der Waals surface area contributed by atoms with E-state index < -0.39 is 5.92 Å². The Hall–Kier alpha value is -3.81. The van der Waals surface area contributed by atoms with Gasteiger partial charge >= 0.3 is 0 Å². The molecule has 0 unspecified atom stereocenters. The molecule has 2 aromatic carbocycles. The topological polar surface area (TPSA) is 78.5 Å². The van der Waals surface area contributed by atoms with Crippen molar-refractivity contribution in [3.05, 3.63) is 77.4 Å². The second-order valence-electron chi connectivity index (χ2n) is 7.93. The molecule has 0 radical (unpaired) electrons. The first-order valence-electron chi connectivity index (χ1n) is 10.7. The predicted octanol–water partition coefficient (Wildman–Crippen LogP) is 5.67. The van der Waals surface area contributed by atoms with Crippen molar-refractivity contribution >= 4 is 33.2 Å². The van der Waals surface area contributed by atoms with Crippen LogP contribution < -0.4 is 10.6 Å². The Kier molecular flexibility index (Phi) is 6.09. The van der Waals surface area contributed by atoms with Gasteiger partial charge in [-0.15, -0.1) is 0 Å². The number of allylic oxidation sites excluding steroid dienone is 3. The number of aryl methyl sites for hydroxylation is 1. The number of alkyl halides is 2. The van der Waals surface area contributed by atoms with Crippen LogP contribution in [-0.2, 0) is 12.5 Å². The van der Waals surface area contributed by atoms with Gasteiger partial charge in [0.05, 0.1) is 17.2 Å². The van der Waals surface area contributed by atoms with Crippen LogP contribution in [0.15, 0.2) is 54.9 Å². The molecule has 6 nitrogen and oxygen atoms in total. The second-order valence-corrected chi connectivity index (χ2v) is 7.93. The SMILES string of the molecule is C/C=C\C(=C/NC)c1cc2c(NCc3cccc(C(C)(F)F)c3)nc(C)nc2c2cn[nH]c12. The molecule has 0 aliphatic rings. The van der Waals surface area contributed by atoms with E-state index in [4.69, 9.17) is 0 Å². The average Bonchev–Trinajstić information content (AvgIpc) is 3.27. The number of benzene rings is 2. The van der Waals surface area contributed by atoms with Crippen molar-refractivity contribution in [2.75, 3.05) is 12.4 Å². The lowest BCUT2D eigenvalue weighted by Gasteiger charge is -2.15. The molecule has 0 aliphatic carbocycles. The minimum Gasteiger partial charge on any atom is -0.393 e. The number of halogens is 2. The maximum absolute atomic E-state index is 13.8. The monoisotopic (exact) mass is 448 g/mol. The zero-order valence-electron chi connectivity index (χ0n) is 19.0. The van der Waals surface area contributed by atoms with E-state index >= 15 is 0 Å². The summed E-state index contributed by atoms with van der Waals surface area (Å²) in [7, 11) is 1.85. The summed E-state index contributed by atoms with van der Waals surface area (Å²) in [5.74, 6) is -1.65. The molecule has 0 saturated carbocycles. The number of hydrogen-bond donors (Lipinski definition) is 3. The van der Waals surface area contributed by atoms with Gasteiger partial charge in [0.2, 0.25) is 0 Å². The summed E-state index contributed by atoms with van der Waals surface area (Å²) < 4.78 is 27.5. The summed E-state index contributed by atoms with van der Waals surface area (Å²) >= 11 is 0. The summed E-state index contributed by atoms with van der Waals surface area (Å²) in [5, 5.41) is 15.5. The molecule has 2 aromatic heterocycles. The summed E-state index contributed by atoms with van der Waals surface area (Å²) in [6, 6.07) is 8.44. The van der Waals surface area contributed by atoms with Crippen LogP contribution in [0.4, 0.5) is 14.6 Å². The zero-order chi connectivity index (χ0) is 23.6. The standard InChI is InChI=1S/C25H26F2N6/c1-5-7-17(13-28-4)19-11-20-22(21-14-30-33-23(19)21)31-15(2)32-24(20)29-12-16-8-6-9-18(10-16)25(3,26)27/h5-11,13-14,28H,12H2,1-4H3,(H,30,33)(H,29,31,32)/b7-5-,17-13+. The molecular formula is C25H26F2N6. The third kappa shape index (κ3) is 4.55. The van der Waals surface area contributed by atoms with Gasteiger partial charge in [-0.3, -0.25) is 5.10 Å². The lowest BCUT2D eigenvalue weighted by Crippen LogP contribution is -2.09. The van der Waals surface area contributed by atoms with Crippen molar-refractivity contribution in [2.45, 2.75) is 33.2 Å². The molecule has 0 saturated heterocycles. The first-order chi connectivity index (χ1) is 15.8. The molecule has 8 heteroatoms. The van der Waals surface area contributed by atoms with E-state index in [0.717, 1.165) is 45.4 Å². The number of nitrogens with zero attached hydrogens (tertiary/aromatic N) is 3. The van der Waals surface area contributed by atoms with Crippen LogP contribution >= 0.6 is 0 Å². The maximum atomic E-state index is 13.8. The van der Waals surface area contributed by atoms with Gasteiger partial charge in [0.25, 0.3) is 5.92 Å². The van der Waals surface area contributed by atoms with E-state index in [-0.39, 0.29) is 5.56 Å². The largest absolute Gasteiger partial charge is 0.393 e. The average molecular weight is 449 g/mol. The quantitative estimate of drug-likeness (QED) is 0.317. The van der Waals surface area contributed by atoms with Crippen molar-refractivity contribution < 1.29 is 8.78 Å². The molecule has 33 heavy (non-hydrogen) atoms. The van der Waals surface area contributed by atoms with E-state index in [9.17, 15) is 8.78 Å². The van der Waals surface area contributed by atoms with Crippen molar-refractivity contribution in [1.82, 2.24) is 25.5 Å². The lowest BCUT2D eigenvalue weighted by molar-refractivity contribution is 0.0174. The van der Waals surface area contributed by atoms with Gasteiger partial charge in [-0.05, 0) is 37.1 Å². The van der Waals surface area contributed by atoms with E-state index in [2.05, 4.69) is 30.8 Å². The molecule has 170 valence electrons. The Balaban J connectivity index is 1.82. The van der Waals surface area contributed by atoms with Crippen molar-refractivity contribution in [3.8, 4) is 0 Å². The number of H-pyrrole nitrogens is 1. The van der Waals surface area contributed by atoms with Crippen molar-refractivity contribution in [2.24, 2.45) is 0 Å². The summed E-state index contributed by atoms with van der Waals surface area (Å²) in [6.45, 7) is 5.04. The Morgan fingerprint density at radius 1 is 1.18 bits per heavy atom. The van der Waals surface area contributed by atoms with Crippen LogP contribution in [0, 0.1) is 6.92 Å². The van der Waals surface area contributed by atoms with Gasteiger partial charge < -0.3 is 10.6 Å². The molecule has 2 heterocycles. The predicted molar refractivity (Wildman–Crippen MR) is 129 cm³/mol. The number of anilines is 1. The van der Waals surface area contributed by atoms with Crippen LogP contribution in [0.2, 0.25) is 0 Å². The van der Waals surface area contributed by atoms with Gasteiger partial charge in [-0.2, -0.15) is 5.10 Å². The second kappa shape index (κ2) is 8.97. The van der Waals surface area contributed by atoms with Gasteiger partial charge in [0.15, 0.2) is 0 Å². The molecule has 0 amide bonds.